The van der Waals surface area contributed by atoms with E-state index in [-0.39, 0.29) is 5.91 Å². The zero-order valence-corrected chi connectivity index (χ0v) is 15.0. The van der Waals surface area contributed by atoms with Gasteiger partial charge in [0.15, 0.2) is 0 Å². The maximum atomic E-state index is 12.0. The van der Waals surface area contributed by atoms with Crippen molar-refractivity contribution in [2.45, 2.75) is 6.42 Å². The van der Waals surface area contributed by atoms with Crippen LogP contribution < -0.4 is 15.1 Å². The van der Waals surface area contributed by atoms with Crippen LogP contribution in [-0.2, 0) is 4.74 Å². The minimum Gasteiger partial charge on any atom is -0.385 e. The van der Waals surface area contributed by atoms with Crippen LogP contribution >= 0.6 is 0 Å². The summed E-state index contributed by atoms with van der Waals surface area (Å²) in [6, 6.07) is 5.54. The highest BCUT2D eigenvalue weighted by molar-refractivity contribution is 5.92. The predicted molar refractivity (Wildman–Crippen MR) is 99.5 cm³/mol. The second-order valence-electron chi connectivity index (χ2n) is 6.03. The van der Waals surface area contributed by atoms with Gasteiger partial charge in [0, 0.05) is 58.8 Å². The highest BCUT2D eigenvalue weighted by Crippen LogP contribution is 2.17. The van der Waals surface area contributed by atoms with Crippen molar-refractivity contribution in [1.82, 2.24) is 20.3 Å². The number of carbonyl (C=O) groups is 1. The zero-order valence-electron chi connectivity index (χ0n) is 15.0. The number of nitrogens with zero attached hydrogens (tertiary/aromatic N) is 5. The van der Waals surface area contributed by atoms with Crippen LogP contribution in [0.3, 0.4) is 0 Å². The molecule has 2 aromatic heterocycles. The van der Waals surface area contributed by atoms with Gasteiger partial charge in [-0.1, -0.05) is 0 Å². The smallest absolute Gasteiger partial charge is 0.269 e. The molecule has 3 rings (SSSR count). The molecule has 0 saturated carbocycles. The summed E-state index contributed by atoms with van der Waals surface area (Å²) in [6.07, 6.45) is 6.07. The maximum Gasteiger partial charge on any atom is 0.269 e. The van der Waals surface area contributed by atoms with Crippen LogP contribution in [0.25, 0.3) is 0 Å². The first-order valence-electron chi connectivity index (χ1n) is 8.78. The molecule has 1 N–H and O–H groups in total. The van der Waals surface area contributed by atoms with Gasteiger partial charge in [-0.15, -0.1) is 0 Å². The molecule has 0 bridgehead atoms. The Morgan fingerprint density at radius 3 is 2.50 bits per heavy atom. The number of methoxy groups -OCH3 is 1. The predicted octanol–water partition coefficient (Wildman–Crippen LogP) is 0.964. The average molecular weight is 356 g/mol. The van der Waals surface area contributed by atoms with Crippen LogP contribution in [0.2, 0.25) is 0 Å². The van der Waals surface area contributed by atoms with Crippen LogP contribution in [-0.4, -0.2) is 67.3 Å². The van der Waals surface area contributed by atoms with Crippen LogP contribution in [0.5, 0.6) is 0 Å². The molecule has 1 saturated heterocycles. The fraction of sp³-hybridized carbons (Fsp3) is 0.444. The van der Waals surface area contributed by atoms with Gasteiger partial charge in [-0.3, -0.25) is 4.79 Å². The molecule has 138 valence electrons. The van der Waals surface area contributed by atoms with Crippen molar-refractivity contribution in [3.8, 4) is 0 Å². The molecule has 0 spiro atoms. The first-order valence-corrected chi connectivity index (χ1v) is 8.78. The standard InChI is InChI=1S/C18H24N6O2/c1-26-13-3-8-19-17(25)16-5-4-15(14-22-16)23-9-11-24(12-10-23)18-20-6-2-7-21-18/h2,4-7,14H,3,8-13H2,1H3,(H,19,25). The lowest BCUT2D eigenvalue weighted by atomic mass is 10.2. The Morgan fingerprint density at radius 1 is 1.12 bits per heavy atom. The van der Waals surface area contributed by atoms with E-state index in [1.807, 2.05) is 12.1 Å². The fourth-order valence-corrected chi connectivity index (χ4v) is 2.84. The summed E-state index contributed by atoms with van der Waals surface area (Å²) in [4.78, 5) is 29.4. The van der Waals surface area contributed by atoms with E-state index in [4.69, 9.17) is 4.74 Å². The third kappa shape index (κ3) is 4.66. The van der Waals surface area contributed by atoms with E-state index < -0.39 is 0 Å². The number of amides is 1. The van der Waals surface area contributed by atoms with E-state index in [9.17, 15) is 4.79 Å². The highest BCUT2D eigenvalue weighted by Gasteiger charge is 2.19. The summed E-state index contributed by atoms with van der Waals surface area (Å²) in [7, 11) is 1.65. The third-order valence-electron chi connectivity index (χ3n) is 4.27. The van der Waals surface area contributed by atoms with Crippen molar-refractivity contribution in [3.05, 3.63) is 42.5 Å². The Bertz CT molecular complexity index is 687. The highest BCUT2D eigenvalue weighted by atomic mass is 16.5. The number of pyridine rings is 1. The summed E-state index contributed by atoms with van der Waals surface area (Å²) in [5.41, 5.74) is 1.46. The monoisotopic (exact) mass is 356 g/mol. The molecular weight excluding hydrogens is 332 g/mol. The summed E-state index contributed by atoms with van der Waals surface area (Å²) in [5.74, 6) is 0.615. The summed E-state index contributed by atoms with van der Waals surface area (Å²) >= 11 is 0. The third-order valence-corrected chi connectivity index (χ3v) is 4.27. The summed E-state index contributed by atoms with van der Waals surface area (Å²) < 4.78 is 4.96. The maximum absolute atomic E-state index is 12.0. The number of aromatic nitrogens is 3. The van der Waals surface area contributed by atoms with Crippen LogP contribution in [0.4, 0.5) is 11.6 Å². The Morgan fingerprint density at radius 2 is 1.85 bits per heavy atom. The molecule has 1 aliphatic heterocycles. The molecule has 2 aromatic rings. The number of hydrogen-bond donors (Lipinski definition) is 1. The molecule has 8 heteroatoms. The lowest BCUT2D eigenvalue weighted by Crippen LogP contribution is -2.47. The van der Waals surface area contributed by atoms with E-state index in [0.717, 1.165) is 44.2 Å². The van der Waals surface area contributed by atoms with E-state index in [1.165, 1.54) is 0 Å². The van der Waals surface area contributed by atoms with Crippen molar-refractivity contribution in [1.29, 1.82) is 0 Å². The number of piperazine rings is 1. The van der Waals surface area contributed by atoms with Crippen molar-refractivity contribution >= 4 is 17.5 Å². The van der Waals surface area contributed by atoms with Gasteiger partial charge in [0.1, 0.15) is 5.69 Å². The SMILES string of the molecule is COCCCNC(=O)c1ccc(N2CCN(c3ncccn3)CC2)cn1. The molecule has 0 unspecified atom stereocenters. The zero-order chi connectivity index (χ0) is 18.2. The van der Waals surface area contributed by atoms with E-state index in [2.05, 4.69) is 30.1 Å². The van der Waals surface area contributed by atoms with Gasteiger partial charge in [-0.05, 0) is 24.6 Å². The number of rotatable bonds is 7. The largest absolute Gasteiger partial charge is 0.385 e. The molecule has 0 radical (unpaired) electrons. The molecule has 8 nitrogen and oxygen atoms in total. The molecule has 0 aromatic carbocycles. The van der Waals surface area contributed by atoms with Gasteiger partial charge in [0.05, 0.1) is 11.9 Å². The van der Waals surface area contributed by atoms with E-state index in [0.29, 0.717) is 18.8 Å². The normalized spacial score (nSPS) is 14.3. The van der Waals surface area contributed by atoms with Gasteiger partial charge in [-0.25, -0.2) is 15.0 Å². The summed E-state index contributed by atoms with van der Waals surface area (Å²) in [5, 5.41) is 2.84. The minimum atomic E-state index is -0.154. The minimum absolute atomic E-state index is 0.154. The number of anilines is 2. The second kappa shape index (κ2) is 9.10. The first kappa shape index (κ1) is 18.1. The molecule has 26 heavy (non-hydrogen) atoms. The van der Waals surface area contributed by atoms with Gasteiger partial charge < -0.3 is 19.9 Å². The Kier molecular flexibility index (Phi) is 6.32. The van der Waals surface area contributed by atoms with Crippen molar-refractivity contribution in [2.24, 2.45) is 0 Å². The molecule has 0 atom stereocenters. The van der Waals surface area contributed by atoms with Gasteiger partial charge in [0.2, 0.25) is 5.95 Å². The van der Waals surface area contributed by atoms with Gasteiger partial charge >= 0.3 is 0 Å². The molecule has 3 heterocycles. The Labute approximate surface area is 153 Å². The fourth-order valence-electron chi connectivity index (χ4n) is 2.84. The molecule has 0 aliphatic carbocycles. The second-order valence-corrected chi connectivity index (χ2v) is 6.03. The van der Waals surface area contributed by atoms with Crippen molar-refractivity contribution < 1.29 is 9.53 Å². The molecular formula is C18H24N6O2. The van der Waals surface area contributed by atoms with Gasteiger partial charge in [0.25, 0.3) is 5.91 Å². The summed E-state index contributed by atoms with van der Waals surface area (Å²) in [6.45, 7) is 4.65. The number of carbonyl (C=O) groups excluding carboxylic acids is 1. The molecule has 1 amide bonds. The van der Waals surface area contributed by atoms with Crippen LogP contribution in [0.15, 0.2) is 36.8 Å². The number of hydrogen-bond acceptors (Lipinski definition) is 7. The Balaban J connectivity index is 1.51. The number of ether oxygens (including phenoxy) is 1. The van der Waals surface area contributed by atoms with Crippen molar-refractivity contribution in [3.63, 3.8) is 0 Å². The van der Waals surface area contributed by atoms with Crippen molar-refractivity contribution in [2.75, 3.05) is 56.2 Å². The Hall–Kier alpha value is -2.74. The number of nitrogens with one attached hydrogen (secondary N) is 1. The first-order chi connectivity index (χ1) is 12.8. The molecule has 1 fully saturated rings. The topological polar surface area (TPSA) is 83.5 Å². The van der Waals surface area contributed by atoms with Crippen LogP contribution in [0, 0.1) is 0 Å². The lowest BCUT2D eigenvalue weighted by Gasteiger charge is -2.35. The lowest BCUT2D eigenvalue weighted by molar-refractivity contribution is 0.0943. The van der Waals surface area contributed by atoms with E-state index in [1.54, 1.807) is 31.8 Å². The quantitative estimate of drug-likeness (QED) is 0.740. The van der Waals surface area contributed by atoms with Crippen LogP contribution in [0.1, 0.15) is 16.9 Å². The van der Waals surface area contributed by atoms with Gasteiger partial charge in [-0.2, -0.15) is 0 Å². The molecule has 1 aliphatic rings. The average Bonchev–Trinajstić information content (AvgIpc) is 2.72. The van der Waals surface area contributed by atoms with E-state index >= 15 is 0 Å².